The van der Waals surface area contributed by atoms with Gasteiger partial charge in [0.25, 0.3) is 10.0 Å². The van der Waals surface area contributed by atoms with Crippen LogP contribution in [0.2, 0.25) is 0 Å². The molecular weight excluding hydrogens is 592 g/mol. The second-order valence-electron chi connectivity index (χ2n) is 11.5. The van der Waals surface area contributed by atoms with Crippen LogP contribution in [0, 0.1) is 5.92 Å². The van der Waals surface area contributed by atoms with Crippen LogP contribution in [0.1, 0.15) is 19.4 Å². The summed E-state index contributed by atoms with van der Waals surface area (Å²) in [4.78, 5) is 30.2. The third-order valence-corrected chi connectivity index (χ3v) is 9.45. The van der Waals surface area contributed by atoms with Gasteiger partial charge in [0.1, 0.15) is 11.9 Å². The summed E-state index contributed by atoms with van der Waals surface area (Å²) in [6.45, 7) is 3.99. The van der Waals surface area contributed by atoms with Crippen LogP contribution in [0.4, 0.5) is 16.2 Å². The predicted octanol–water partition coefficient (Wildman–Crippen LogP) is 4.95. The maximum absolute atomic E-state index is 13.5. The molecule has 10 nitrogen and oxygen atoms in total. The average molecular weight is 631 g/mol. The molecule has 0 radical (unpaired) electrons. The quantitative estimate of drug-likeness (QED) is 0.253. The van der Waals surface area contributed by atoms with Gasteiger partial charge in [-0.25, -0.2) is 13.2 Å². The third-order valence-electron chi connectivity index (χ3n) is 8.05. The Morgan fingerprint density at radius 2 is 1.76 bits per heavy atom. The van der Waals surface area contributed by atoms with Crippen molar-refractivity contribution in [3.63, 3.8) is 0 Å². The molecule has 4 aromatic carbocycles. The van der Waals surface area contributed by atoms with E-state index in [1.165, 1.54) is 12.1 Å². The van der Waals surface area contributed by atoms with Crippen LogP contribution in [-0.2, 0) is 21.2 Å². The standard InChI is InChI=1S/C34H38N4O6S/c1-23-20-38(24(2)22-39)33(40)19-26-18-27(36-45(42,43)28-12-5-4-6-13-28)16-17-31(26)44-32(23)21-37(3)34(41)35-30-15-9-11-25-10-7-8-14-29(25)30/h4-18,23-24,32,36,39H,19-22H2,1-3H3,(H,35,41)/t23-,24+,32-/m1/s1. The van der Waals surface area contributed by atoms with E-state index in [0.717, 1.165) is 10.8 Å². The number of hydrogen-bond donors (Lipinski definition) is 3. The Labute approximate surface area is 263 Å². The van der Waals surface area contributed by atoms with Crippen LogP contribution < -0.4 is 14.8 Å². The number of likely N-dealkylation sites (N-methyl/N-ethyl adjacent to an activating group) is 1. The number of hydrogen-bond acceptors (Lipinski definition) is 6. The Hall–Kier alpha value is -4.61. The van der Waals surface area contributed by atoms with E-state index < -0.39 is 22.2 Å². The van der Waals surface area contributed by atoms with Crippen molar-refractivity contribution < 1.29 is 27.9 Å². The number of aliphatic hydroxyl groups excluding tert-OH is 1. The lowest BCUT2D eigenvalue weighted by atomic mass is 10.0. The minimum absolute atomic E-state index is 0.0581. The molecule has 3 atom stereocenters. The van der Waals surface area contributed by atoms with Crippen LogP contribution >= 0.6 is 0 Å². The third kappa shape index (κ3) is 7.38. The maximum Gasteiger partial charge on any atom is 0.321 e. The zero-order valence-corrected chi connectivity index (χ0v) is 26.3. The summed E-state index contributed by atoms with van der Waals surface area (Å²) in [5.41, 5.74) is 1.47. The largest absolute Gasteiger partial charge is 0.488 e. The highest BCUT2D eigenvalue weighted by Crippen LogP contribution is 2.30. The van der Waals surface area contributed by atoms with Gasteiger partial charge in [-0.05, 0) is 48.7 Å². The van der Waals surface area contributed by atoms with Crippen molar-refractivity contribution in [1.29, 1.82) is 0 Å². The molecule has 1 aliphatic rings. The van der Waals surface area contributed by atoms with Gasteiger partial charge in [-0.2, -0.15) is 0 Å². The predicted molar refractivity (Wildman–Crippen MR) is 175 cm³/mol. The lowest BCUT2D eigenvalue weighted by Gasteiger charge is -2.34. The summed E-state index contributed by atoms with van der Waals surface area (Å²) >= 11 is 0. The summed E-state index contributed by atoms with van der Waals surface area (Å²) < 4.78 is 35.1. The molecule has 0 bridgehead atoms. The smallest absolute Gasteiger partial charge is 0.321 e. The SMILES string of the molecule is C[C@@H]1CN([C@@H](C)CO)C(=O)Cc2cc(NS(=O)(=O)c3ccccc3)ccc2O[C@@H]1CN(C)C(=O)Nc1cccc2ccccc12. The molecule has 3 amide bonds. The number of nitrogens with one attached hydrogen (secondary N) is 2. The van der Waals surface area contributed by atoms with Crippen molar-refractivity contribution in [3.8, 4) is 5.75 Å². The van der Waals surface area contributed by atoms with Crippen molar-refractivity contribution in [2.75, 3.05) is 36.8 Å². The highest BCUT2D eigenvalue weighted by molar-refractivity contribution is 7.92. The molecule has 0 saturated carbocycles. The van der Waals surface area contributed by atoms with Crippen LogP contribution in [0.3, 0.4) is 0 Å². The second-order valence-corrected chi connectivity index (χ2v) is 13.1. The van der Waals surface area contributed by atoms with Gasteiger partial charge >= 0.3 is 6.03 Å². The molecule has 5 rings (SSSR count). The van der Waals surface area contributed by atoms with Crippen molar-refractivity contribution in [1.82, 2.24) is 9.80 Å². The maximum atomic E-state index is 13.5. The van der Waals surface area contributed by atoms with Crippen molar-refractivity contribution in [2.45, 2.75) is 37.3 Å². The van der Waals surface area contributed by atoms with E-state index in [-0.39, 0.29) is 48.0 Å². The number of fused-ring (bicyclic) bond motifs is 2. The highest BCUT2D eigenvalue weighted by atomic mass is 32.2. The number of carbonyl (C=O) groups is 2. The number of anilines is 2. The second kappa shape index (κ2) is 13.6. The zero-order valence-electron chi connectivity index (χ0n) is 25.5. The van der Waals surface area contributed by atoms with Crippen molar-refractivity contribution >= 4 is 44.1 Å². The number of aliphatic hydroxyl groups is 1. The topological polar surface area (TPSA) is 128 Å². The average Bonchev–Trinajstić information content (AvgIpc) is 3.08. The first-order chi connectivity index (χ1) is 21.6. The molecule has 0 fully saturated rings. The monoisotopic (exact) mass is 630 g/mol. The van der Waals surface area contributed by atoms with Gasteiger partial charge in [0.2, 0.25) is 5.91 Å². The van der Waals surface area contributed by atoms with Crippen molar-refractivity contribution in [3.05, 3.63) is 96.6 Å². The van der Waals surface area contributed by atoms with Crippen LogP contribution in [0.5, 0.6) is 5.75 Å². The number of carbonyl (C=O) groups excluding carboxylic acids is 2. The molecule has 0 aromatic heterocycles. The molecule has 0 saturated heterocycles. The molecule has 236 valence electrons. The Morgan fingerprint density at radius 1 is 1.04 bits per heavy atom. The normalized spacial score (nSPS) is 17.7. The highest BCUT2D eigenvalue weighted by Gasteiger charge is 2.32. The lowest BCUT2D eigenvalue weighted by Crippen LogP contribution is -2.48. The Bertz CT molecular complexity index is 1780. The summed E-state index contributed by atoms with van der Waals surface area (Å²) in [6.07, 6.45) is -0.588. The number of rotatable bonds is 8. The summed E-state index contributed by atoms with van der Waals surface area (Å²) in [6, 6.07) is 25.6. The van der Waals surface area contributed by atoms with Crippen LogP contribution in [0.15, 0.2) is 95.9 Å². The molecule has 0 aliphatic carbocycles. The molecule has 1 aliphatic heterocycles. The van der Waals surface area contributed by atoms with Gasteiger partial charge in [-0.1, -0.05) is 61.5 Å². The first kappa shape index (κ1) is 31.8. The number of urea groups is 1. The molecule has 0 spiro atoms. The molecule has 11 heteroatoms. The number of sulfonamides is 1. The van der Waals surface area contributed by atoms with Gasteiger partial charge in [0.15, 0.2) is 0 Å². The van der Waals surface area contributed by atoms with Gasteiger partial charge in [-0.15, -0.1) is 0 Å². The van der Waals surface area contributed by atoms with Crippen LogP contribution in [-0.4, -0.2) is 74.2 Å². The first-order valence-corrected chi connectivity index (χ1v) is 16.3. The van der Waals surface area contributed by atoms with Gasteiger partial charge in [0.05, 0.1) is 36.2 Å². The Kier molecular flexibility index (Phi) is 9.60. The molecule has 4 aromatic rings. The van der Waals surface area contributed by atoms with Gasteiger partial charge < -0.3 is 25.0 Å². The molecule has 3 N–H and O–H groups in total. The fourth-order valence-electron chi connectivity index (χ4n) is 5.42. The summed E-state index contributed by atoms with van der Waals surface area (Å²) in [5, 5.41) is 14.9. The summed E-state index contributed by atoms with van der Waals surface area (Å²) in [7, 11) is -2.17. The van der Waals surface area contributed by atoms with E-state index in [1.807, 2.05) is 49.4 Å². The van der Waals surface area contributed by atoms with E-state index in [9.17, 15) is 23.1 Å². The van der Waals surface area contributed by atoms with E-state index in [0.29, 0.717) is 23.5 Å². The fraction of sp³-hybridized carbons (Fsp3) is 0.294. The minimum atomic E-state index is -3.86. The molecular formula is C34H38N4O6S. The summed E-state index contributed by atoms with van der Waals surface area (Å²) in [5.74, 6) is -0.0267. The van der Waals surface area contributed by atoms with E-state index in [4.69, 9.17) is 4.74 Å². The lowest BCUT2D eigenvalue weighted by molar-refractivity contribution is -0.134. The number of benzene rings is 4. The van der Waals surface area contributed by atoms with Gasteiger partial charge in [0, 0.05) is 36.1 Å². The number of amides is 3. The Balaban J connectivity index is 1.41. The van der Waals surface area contributed by atoms with Crippen LogP contribution in [0.25, 0.3) is 10.8 Å². The molecule has 1 heterocycles. The van der Waals surface area contributed by atoms with E-state index in [1.54, 1.807) is 60.2 Å². The fourth-order valence-corrected chi connectivity index (χ4v) is 6.49. The zero-order chi connectivity index (χ0) is 32.1. The first-order valence-electron chi connectivity index (χ1n) is 14.8. The van der Waals surface area contributed by atoms with Crippen molar-refractivity contribution in [2.24, 2.45) is 5.92 Å². The number of nitrogens with zero attached hydrogens (tertiary/aromatic N) is 2. The molecule has 45 heavy (non-hydrogen) atoms. The minimum Gasteiger partial charge on any atom is -0.488 e. The van der Waals surface area contributed by atoms with E-state index >= 15 is 0 Å². The number of ether oxygens (including phenoxy) is 1. The van der Waals surface area contributed by atoms with E-state index in [2.05, 4.69) is 10.0 Å². The molecule has 0 unspecified atom stereocenters. The Morgan fingerprint density at radius 3 is 2.51 bits per heavy atom. The van der Waals surface area contributed by atoms with Gasteiger partial charge in [-0.3, -0.25) is 9.52 Å².